The van der Waals surface area contributed by atoms with Crippen molar-refractivity contribution in [1.82, 2.24) is 15.2 Å². The number of rotatable bonds is 7. The average Bonchev–Trinajstić information content (AvgIpc) is 2.71. The first-order chi connectivity index (χ1) is 14.7. The Morgan fingerprint density at radius 3 is 2.61 bits per heavy atom. The van der Waals surface area contributed by atoms with E-state index in [0.717, 1.165) is 23.6 Å². The topological polar surface area (TPSA) is 57.7 Å². The van der Waals surface area contributed by atoms with Gasteiger partial charge >= 0.3 is 6.18 Å². The maximum absolute atomic E-state index is 12.8. The van der Waals surface area contributed by atoms with Crippen LogP contribution in [-0.2, 0) is 11.0 Å². The number of nitrogens with one attached hydrogen (secondary N) is 1. The van der Waals surface area contributed by atoms with Gasteiger partial charge in [0.25, 0.3) is 0 Å². The van der Waals surface area contributed by atoms with Crippen LogP contribution in [0.5, 0.6) is 5.75 Å². The Bertz CT molecular complexity index is 902. The highest BCUT2D eigenvalue weighted by Crippen LogP contribution is 2.33. The number of hydrogen-bond acceptors (Lipinski definition) is 5. The number of alkyl halides is 3. The Morgan fingerprint density at radius 2 is 1.97 bits per heavy atom. The predicted octanol–water partition coefficient (Wildman–Crippen LogP) is 3.38. The van der Waals surface area contributed by atoms with Crippen LogP contribution >= 0.6 is 11.6 Å². The van der Waals surface area contributed by atoms with Crippen LogP contribution in [-0.4, -0.2) is 61.7 Å². The van der Waals surface area contributed by atoms with E-state index in [1.54, 1.807) is 0 Å². The van der Waals surface area contributed by atoms with E-state index >= 15 is 0 Å². The molecular formula is C21H24ClF3N4O2. The lowest BCUT2D eigenvalue weighted by Crippen LogP contribution is -2.50. The van der Waals surface area contributed by atoms with Crippen molar-refractivity contribution in [2.45, 2.75) is 13.1 Å². The molecule has 0 radical (unpaired) electrons. The van der Waals surface area contributed by atoms with Crippen molar-refractivity contribution in [3.63, 3.8) is 0 Å². The largest absolute Gasteiger partial charge is 0.492 e. The summed E-state index contributed by atoms with van der Waals surface area (Å²) in [5.74, 6) is 0.986. The first kappa shape index (κ1) is 23.1. The molecule has 0 spiro atoms. The summed E-state index contributed by atoms with van der Waals surface area (Å²) in [6.07, 6.45) is -3.69. The van der Waals surface area contributed by atoms with Gasteiger partial charge in [-0.05, 0) is 30.7 Å². The Labute approximate surface area is 183 Å². The van der Waals surface area contributed by atoms with Gasteiger partial charge in [0.15, 0.2) is 0 Å². The summed E-state index contributed by atoms with van der Waals surface area (Å²) < 4.78 is 43.9. The lowest BCUT2D eigenvalue weighted by Gasteiger charge is -2.35. The van der Waals surface area contributed by atoms with Crippen molar-refractivity contribution in [3.8, 4) is 5.75 Å². The molecule has 1 N–H and O–H groups in total. The van der Waals surface area contributed by atoms with Gasteiger partial charge in [-0.25, -0.2) is 4.98 Å². The standard InChI is InChI=1S/C21H24ClF3N4O2/c1-15-3-2-4-17(11-15)31-10-5-26-19(30)14-28-6-8-29(9-7-28)20-18(22)12-16(13-27-20)21(23,24)25/h2-4,11-13H,5-10,14H2,1H3,(H,26,30). The molecule has 1 saturated heterocycles. The van der Waals surface area contributed by atoms with Crippen molar-refractivity contribution < 1.29 is 22.7 Å². The summed E-state index contributed by atoms with van der Waals surface area (Å²) in [5, 5.41) is 2.80. The summed E-state index contributed by atoms with van der Waals surface area (Å²) in [5.41, 5.74) is 0.233. The maximum Gasteiger partial charge on any atom is 0.417 e. The molecule has 1 aliphatic heterocycles. The molecule has 1 aromatic carbocycles. The van der Waals surface area contributed by atoms with Crippen LogP contribution in [0.3, 0.4) is 0 Å². The zero-order valence-electron chi connectivity index (χ0n) is 17.1. The fraction of sp³-hybridized carbons (Fsp3) is 0.429. The van der Waals surface area contributed by atoms with Crippen LogP contribution in [0.2, 0.25) is 5.02 Å². The van der Waals surface area contributed by atoms with Gasteiger partial charge in [-0.15, -0.1) is 0 Å². The van der Waals surface area contributed by atoms with Crippen LogP contribution in [0, 0.1) is 6.92 Å². The second-order valence-electron chi connectivity index (χ2n) is 7.31. The van der Waals surface area contributed by atoms with E-state index in [2.05, 4.69) is 10.3 Å². The average molecular weight is 457 g/mol. The third-order valence-corrected chi connectivity index (χ3v) is 5.15. The number of anilines is 1. The monoisotopic (exact) mass is 456 g/mol. The van der Waals surface area contributed by atoms with E-state index in [1.165, 1.54) is 0 Å². The molecule has 0 atom stereocenters. The number of nitrogens with zero attached hydrogens (tertiary/aromatic N) is 3. The Morgan fingerprint density at radius 1 is 1.23 bits per heavy atom. The molecule has 3 rings (SSSR count). The molecule has 0 saturated carbocycles. The SMILES string of the molecule is Cc1cccc(OCCNC(=O)CN2CCN(c3ncc(C(F)(F)F)cc3Cl)CC2)c1. The highest BCUT2D eigenvalue weighted by Gasteiger charge is 2.32. The van der Waals surface area contributed by atoms with Gasteiger partial charge in [0.1, 0.15) is 18.2 Å². The van der Waals surface area contributed by atoms with Crippen molar-refractivity contribution in [2.24, 2.45) is 0 Å². The minimum Gasteiger partial charge on any atom is -0.492 e. The number of aryl methyl sites for hydroxylation is 1. The van der Waals surface area contributed by atoms with E-state index in [0.29, 0.717) is 45.1 Å². The highest BCUT2D eigenvalue weighted by molar-refractivity contribution is 6.33. The fourth-order valence-electron chi connectivity index (χ4n) is 3.26. The number of piperazine rings is 1. The number of carbonyl (C=O) groups is 1. The summed E-state index contributed by atoms with van der Waals surface area (Å²) in [6.45, 7) is 5.18. The summed E-state index contributed by atoms with van der Waals surface area (Å²) in [4.78, 5) is 19.9. The fourth-order valence-corrected chi connectivity index (χ4v) is 3.55. The molecule has 2 aromatic rings. The van der Waals surface area contributed by atoms with Gasteiger partial charge in [-0.2, -0.15) is 13.2 Å². The minimum atomic E-state index is -4.48. The first-order valence-corrected chi connectivity index (χ1v) is 10.3. The van der Waals surface area contributed by atoms with Crippen LogP contribution in [0.4, 0.5) is 19.0 Å². The van der Waals surface area contributed by atoms with Gasteiger partial charge in [0, 0.05) is 32.4 Å². The number of hydrogen-bond donors (Lipinski definition) is 1. The van der Waals surface area contributed by atoms with E-state index in [1.807, 2.05) is 41.0 Å². The first-order valence-electron chi connectivity index (χ1n) is 9.88. The van der Waals surface area contributed by atoms with Gasteiger partial charge in [0.2, 0.25) is 5.91 Å². The summed E-state index contributed by atoms with van der Waals surface area (Å²) >= 11 is 6.02. The zero-order chi connectivity index (χ0) is 22.4. The minimum absolute atomic E-state index is 0.0328. The maximum atomic E-state index is 12.8. The lowest BCUT2D eigenvalue weighted by molar-refractivity contribution is -0.137. The van der Waals surface area contributed by atoms with Gasteiger partial charge in [-0.1, -0.05) is 23.7 Å². The molecule has 1 aliphatic rings. The second kappa shape index (κ2) is 10.2. The smallest absolute Gasteiger partial charge is 0.417 e. The third-order valence-electron chi connectivity index (χ3n) is 4.87. The van der Waals surface area contributed by atoms with Gasteiger partial charge < -0.3 is 15.0 Å². The van der Waals surface area contributed by atoms with Gasteiger partial charge in [-0.3, -0.25) is 9.69 Å². The number of amides is 1. The van der Waals surface area contributed by atoms with Crippen LogP contribution < -0.4 is 15.0 Å². The third kappa shape index (κ3) is 6.73. The number of pyridine rings is 1. The zero-order valence-corrected chi connectivity index (χ0v) is 17.8. The molecule has 1 fully saturated rings. The number of halogens is 4. The lowest BCUT2D eigenvalue weighted by atomic mass is 10.2. The van der Waals surface area contributed by atoms with Crippen molar-refractivity contribution >= 4 is 23.3 Å². The summed E-state index contributed by atoms with van der Waals surface area (Å²) in [6, 6.07) is 8.58. The molecule has 31 heavy (non-hydrogen) atoms. The molecule has 2 heterocycles. The highest BCUT2D eigenvalue weighted by atomic mass is 35.5. The molecule has 1 amide bonds. The van der Waals surface area contributed by atoms with E-state index in [4.69, 9.17) is 16.3 Å². The predicted molar refractivity (Wildman–Crippen MR) is 113 cm³/mol. The molecule has 0 bridgehead atoms. The van der Waals surface area contributed by atoms with E-state index in [9.17, 15) is 18.0 Å². The normalized spacial score (nSPS) is 15.1. The van der Waals surface area contributed by atoms with Crippen molar-refractivity contribution in [1.29, 1.82) is 0 Å². The van der Waals surface area contributed by atoms with Crippen LogP contribution in [0.25, 0.3) is 0 Å². The Kier molecular flexibility index (Phi) is 7.61. The number of aromatic nitrogens is 1. The number of benzene rings is 1. The Balaban J connectivity index is 1.39. The Hall–Kier alpha value is -2.52. The molecule has 0 unspecified atom stereocenters. The van der Waals surface area contributed by atoms with E-state index < -0.39 is 11.7 Å². The number of carbonyl (C=O) groups excluding carboxylic acids is 1. The van der Waals surface area contributed by atoms with Crippen molar-refractivity contribution in [3.05, 3.63) is 52.7 Å². The quantitative estimate of drug-likeness (QED) is 0.647. The molecule has 10 heteroatoms. The van der Waals surface area contributed by atoms with Crippen LogP contribution in [0.15, 0.2) is 36.5 Å². The van der Waals surface area contributed by atoms with E-state index in [-0.39, 0.29) is 17.5 Å². The molecule has 6 nitrogen and oxygen atoms in total. The molecular weight excluding hydrogens is 433 g/mol. The summed E-state index contributed by atoms with van der Waals surface area (Å²) in [7, 11) is 0. The number of ether oxygens (including phenoxy) is 1. The molecule has 168 valence electrons. The van der Waals surface area contributed by atoms with Crippen molar-refractivity contribution in [2.75, 3.05) is 50.8 Å². The molecule has 1 aromatic heterocycles. The second-order valence-corrected chi connectivity index (χ2v) is 7.71. The van der Waals surface area contributed by atoms with Gasteiger partial charge in [0.05, 0.1) is 23.7 Å². The van der Waals surface area contributed by atoms with Crippen LogP contribution in [0.1, 0.15) is 11.1 Å². The molecule has 0 aliphatic carbocycles.